The maximum absolute atomic E-state index is 12.0. The van der Waals surface area contributed by atoms with Gasteiger partial charge in [0.05, 0.1) is 0 Å². The second-order valence-corrected chi connectivity index (χ2v) is 5.12. The summed E-state index contributed by atoms with van der Waals surface area (Å²) in [6.07, 6.45) is 3.35. The van der Waals surface area contributed by atoms with E-state index in [9.17, 15) is 9.59 Å². The lowest BCUT2D eigenvalue weighted by molar-refractivity contribution is -0.139. The maximum atomic E-state index is 12.0. The van der Waals surface area contributed by atoms with Crippen LogP contribution in [0.4, 0.5) is 5.82 Å². The van der Waals surface area contributed by atoms with Gasteiger partial charge in [-0.25, -0.2) is 4.79 Å². The molecule has 1 aromatic heterocycles. The third-order valence-corrected chi connectivity index (χ3v) is 3.49. The molecule has 1 aliphatic heterocycles. The monoisotopic (exact) mass is 292 g/mol. The molecular formula is C14H20N4O3. The van der Waals surface area contributed by atoms with Gasteiger partial charge in [0.1, 0.15) is 6.04 Å². The number of anilines is 1. The van der Waals surface area contributed by atoms with Crippen molar-refractivity contribution in [3.8, 4) is 0 Å². The number of carboxylic acid groups (broad SMARTS) is 1. The zero-order valence-electron chi connectivity index (χ0n) is 12.1. The molecule has 1 fully saturated rings. The van der Waals surface area contributed by atoms with Crippen LogP contribution in [0.3, 0.4) is 0 Å². The van der Waals surface area contributed by atoms with Crippen LogP contribution in [0.15, 0.2) is 12.1 Å². The second-order valence-electron chi connectivity index (χ2n) is 5.12. The maximum Gasteiger partial charge on any atom is 0.326 e. The molecule has 1 atom stereocenters. The SMILES string of the molecule is CCCC(NC(=O)c1ccc(N2CCCC2)nn1)C(=O)O. The Bertz CT molecular complexity index is 497. The standard InChI is InChI=1S/C14H20N4O3/c1-2-5-11(14(20)21)15-13(19)10-6-7-12(17-16-10)18-8-3-4-9-18/h6-7,11H,2-5,8-9H2,1H3,(H,15,19)(H,20,21). The molecule has 0 radical (unpaired) electrons. The smallest absolute Gasteiger partial charge is 0.326 e. The van der Waals surface area contributed by atoms with Crippen LogP contribution in [0.2, 0.25) is 0 Å². The van der Waals surface area contributed by atoms with Crippen LogP contribution in [0, 0.1) is 0 Å². The third kappa shape index (κ3) is 3.90. The zero-order valence-corrected chi connectivity index (χ0v) is 12.1. The van der Waals surface area contributed by atoms with E-state index >= 15 is 0 Å². The van der Waals surface area contributed by atoms with Crippen LogP contribution in [-0.4, -0.2) is 46.3 Å². The van der Waals surface area contributed by atoms with Crippen molar-refractivity contribution in [2.75, 3.05) is 18.0 Å². The fraction of sp³-hybridized carbons (Fsp3) is 0.571. The van der Waals surface area contributed by atoms with Crippen LogP contribution in [0.1, 0.15) is 43.1 Å². The minimum absolute atomic E-state index is 0.139. The first-order valence-corrected chi connectivity index (χ1v) is 7.24. The molecule has 7 heteroatoms. The van der Waals surface area contributed by atoms with Crippen molar-refractivity contribution in [2.24, 2.45) is 0 Å². The molecule has 2 rings (SSSR count). The van der Waals surface area contributed by atoms with Gasteiger partial charge in [-0.05, 0) is 31.4 Å². The number of nitrogens with zero attached hydrogens (tertiary/aromatic N) is 3. The minimum Gasteiger partial charge on any atom is -0.480 e. The Hall–Kier alpha value is -2.18. The Balaban J connectivity index is 2.00. The van der Waals surface area contributed by atoms with Crippen molar-refractivity contribution in [1.82, 2.24) is 15.5 Å². The molecule has 0 bridgehead atoms. The first-order valence-electron chi connectivity index (χ1n) is 7.24. The van der Waals surface area contributed by atoms with Crippen LogP contribution in [0.25, 0.3) is 0 Å². The molecule has 0 spiro atoms. The molecule has 1 aromatic rings. The van der Waals surface area contributed by atoms with Crippen LogP contribution >= 0.6 is 0 Å². The van der Waals surface area contributed by atoms with Crippen LogP contribution < -0.4 is 10.2 Å². The van der Waals surface area contributed by atoms with E-state index in [1.165, 1.54) is 0 Å². The lowest BCUT2D eigenvalue weighted by Crippen LogP contribution is -2.41. The zero-order chi connectivity index (χ0) is 15.2. The summed E-state index contributed by atoms with van der Waals surface area (Å²) in [5.74, 6) is -0.782. The highest BCUT2D eigenvalue weighted by Crippen LogP contribution is 2.16. The number of nitrogens with one attached hydrogen (secondary N) is 1. The van der Waals surface area contributed by atoms with E-state index in [2.05, 4.69) is 20.4 Å². The van der Waals surface area contributed by atoms with Crippen molar-refractivity contribution in [3.63, 3.8) is 0 Å². The summed E-state index contributed by atoms with van der Waals surface area (Å²) < 4.78 is 0. The number of carbonyl (C=O) groups excluding carboxylic acids is 1. The number of hydrogen-bond acceptors (Lipinski definition) is 5. The summed E-state index contributed by atoms with van der Waals surface area (Å²) >= 11 is 0. The summed E-state index contributed by atoms with van der Waals surface area (Å²) in [4.78, 5) is 25.1. The first-order chi connectivity index (χ1) is 10.1. The first kappa shape index (κ1) is 15.2. The lowest BCUT2D eigenvalue weighted by Gasteiger charge is -2.16. The molecule has 0 saturated carbocycles. The number of amides is 1. The quantitative estimate of drug-likeness (QED) is 0.814. The van der Waals surface area contributed by atoms with Gasteiger partial charge in [0.15, 0.2) is 11.5 Å². The predicted octanol–water partition coefficient (Wildman–Crippen LogP) is 1.06. The molecule has 0 aromatic carbocycles. The molecule has 2 heterocycles. The van der Waals surface area contributed by atoms with E-state index < -0.39 is 17.9 Å². The highest BCUT2D eigenvalue weighted by molar-refractivity contribution is 5.94. The molecule has 2 N–H and O–H groups in total. The van der Waals surface area contributed by atoms with E-state index in [4.69, 9.17) is 5.11 Å². The van der Waals surface area contributed by atoms with Crippen molar-refractivity contribution in [3.05, 3.63) is 17.8 Å². The third-order valence-electron chi connectivity index (χ3n) is 3.49. The number of hydrogen-bond donors (Lipinski definition) is 2. The van der Waals surface area contributed by atoms with Gasteiger partial charge in [-0.3, -0.25) is 4.79 Å². The van der Waals surface area contributed by atoms with Gasteiger partial charge in [-0.15, -0.1) is 10.2 Å². The van der Waals surface area contributed by atoms with Gasteiger partial charge >= 0.3 is 5.97 Å². The average molecular weight is 292 g/mol. The summed E-state index contributed by atoms with van der Waals surface area (Å²) in [5, 5.41) is 19.4. The molecular weight excluding hydrogens is 272 g/mol. The van der Waals surface area contributed by atoms with Crippen LogP contribution in [0.5, 0.6) is 0 Å². The average Bonchev–Trinajstić information content (AvgIpc) is 3.01. The molecule has 1 unspecified atom stereocenters. The van der Waals surface area contributed by atoms with Gasteiger partial charge in [0, 0.05) is 13.1 Å². The predicted molar refractivity (Wildman–Crippen MR) is 77.3 cm³/mol. The molecule has 1 saturated heterocycles. The molecule has 1 aliphatic rings. The van der Waals surface area contributed by atoms with Gasteiger partial charge < -0.3 is 15.3 Å². The normalized spacial score (nSPS) is 15.8. The van der Waals surface area contributed by atoms with E-state index in [0.717, 1.165) is 31.7 Å². The van der Waals surface area contributed by atoms with E-state index in [1.807, 2.05) is 6.92 Å². The van der Waals surface area contributed by atoms with Gasteiger partial charge in [-0.2, -0.15) is 0 Å². The van der Waals surface area contributed by atoms with Crippen molar-refractivity contribution >= 4 is 17.7 Å². The van der Waals surface area contributed by atoms with Crippen molar-refractivity contribution in [1.29, 1.82) is 0 Å². The largest absolute Gasteiger partial charge is 0.480 e. The Morgan fingerprint density at radius 1 is 1.33 bits per heavy atom. The number of carboxylic acids is 1. The summed E-state index contributed by atoms with van der Waals surface area (Å²) in [6, 6.07) is 2.45. The van der Waals surface area contributed by atoms with Gasteiger partial charge in [-0.1, -0.05) is 13.3 Å². The van der Waals surface area contributed by atoms with Crippen LogP contribution in [-0.2, 0) is 4.79 Å². The second kappa shape index (κ2) is 7.01. The molecule has 114 valence electrons. The summed E-state index contributed by atoms with van der Waals surface area (Å²) in [7, 11) is 0. The number of aliphatic carboxylic acids is 1. The Labute approximate surface area is 123 Å². The minimum atomic E-state index is -1.04. The van der Waals surface area contributed by atoms with Crippen molar-refractivity contribution < 1.29 is 14.7 Å². The Morgan fingerprint density at radius 3 is 2.57 bits per heavy atom. The Morgan fingerprint density at radius 2 is 2.05 bits per heavy atom. The molecule has 21 heavy (non-hydrogen) atoms. The highest BCUT2D eigenvalue weighted by atomic mass is 16.4. The number of rotatable bonds is 6. The Kier molecular flexibility index (Phi) is 5.08. The van der Waals surface area contributed by atoms with E-state index in [0.29, 0.717) is 12.8 Å². The van der Waals surface area contributed by atoms with Gasteiger partial charge in [0.2, 0.25) is 0 Å². The number of aromatic nitrogens is 2. The van der Waals surface area contributed by atoms with Gasteiger partial charge in [0.25, 0.3) is 5.91 Å². The van der Waals surface area contributed by atoms with E-state index in [1.54, 1.807) is 12.1 Å². The molecule has 1 amide bonds. The van der Waals surface area contributed by atoms with E-state index in [-0.39, 0.29) is 5.69 Å². The topological polar surface area (TPSA) is 95.4 Å². The summed E-state index contributed by atoms with van der Waals surface area (Å²) in [5.41, 5.74) is 0.139. The lowest BCUT2D eigenvalue weighted by atomic mass is 10.1. The fourth-order valence-corrected chi connectivity index (χ4v) is 2.34. The fourth-order valence-electron chi connectivity index (χ4n) is 2.34. The van der Waals surface area contributed by atoms with Crippen molar-refractivity contribution in [2.45, 2.75) is 38.6 Å². The molecule has 0 aliphatic carbocycles. The molecule has 7 nitrogen and oxygen atoms in total. The number of carbonyl (C=O) groups is 2. The highest BCUT2D eigenvalue weighted by Gasteiger charge is 2.21. The summed E-state index contributed by atoms with van der Waals surface area (Å²) in [6.45, 7) is 3.78.